The van der Waals surface area contributed by atoms with Crippen LogP contribution in [0.5, 0.6) is 11.5 Å². The van der Waals surface area contributed by atoms with Crippen LogP contribution in [0.2, 0.25) is 0 Å². The van der Waals surface area contributed by atoms with Crippen LogP contribution in [0.25, 0.3) is 0 Å². The van der Waals surface area contributed by atoms with Crippen LogP contribution in [0, 0.1) is 11.8 Å². The van der Waals surface area contributed by atoms with Crippen LogP contribution in [0.3, 0.4) is 0 Å². The third-order valence-corrected chi connectivity index (χ3v) is 6.26. The van der Waals surface area contributed by atoms with E-state index in [0.717, 1.165) is 19.3 Å². The summed E-state index contributed by atoms with van der Waals surface area (Å²) in [7, 11) is 0. The van der Waals surface area contributed by atoms with E-state index >= 15 is 0 Å². The predicted molar refractivity (Wildman–Crippen MR) is 150 cm³/mol. The highest BCUT2D eigenvalue weighted by molar-refractivity contribution is 5.77. The van der Waals surface area contributed by atoms with E-state index in [1.807, 2.05) is 34.6 Å². The van der Waals surface area contributed by atoms with Crippen LogP contribution < -0.4 is 15.2 Å². The largest absolute Gasteiger partial charge is 0.508 e. The van der Waals surface area contributed by atoms with Gasteiger partial charge in [0.15, 0.2) is 11.5 Å². The van der Waals surface area contributed by atoms with E-state index in [1.54, 1.807) is 13.0 Å². The van der Waals surface area contributed by atoms with Gasteiger partial charge in [-0.2, -0.15) is 0 Å². The molecule has 226 valence electrons. The number of benzene rings is 1. The summed E-state index contributed by atoms with van der Waals surface area (Å²) in [5.41, 5.74) is 6.47. The maximum Gasteiger partial charge on any atom is 0.508 e. The Labute approximate surface area is 237 Å². The van der Waals surface area contributed by atoms with Gasteiger partial charge < -0.3 is 29.8 Å². The third-order valence-electron chi connectivity index (χ3n) is 6.26. The Hall–Kier alpha value is -3.14. The Bertz CT molecular complexity index is 960. The summed E-state index contributed by atoms with van der Waals surface area (Å²) in [5, 5.41) is 9.68. The van der Waals surface area contributed by atoms with E-state index in [1.165, 1.54) is 12.1 Å². The van der Waals surface area contributed by atoms with Crippen molar-refractivity contribution in [3.8, 4) is 11.5 Å². The molecule has 0 aliphatic carbocycles. The van der Waals surface area contributed by atoms with Gasteiger partial charge in [0.25, 0.3) is 0 Å². The number of aliphatic carboxylic acids is 1. The second-order valence-electron chi connectivity index (χ2n) is 11.0. The molecule has 0 spiro atoms. The van der Waals surface area contributed by atoms with E-state index in [4.69, 9.17) is 24.7 Å². The summed E-state index contributed by atoms with van der Waals surface area (Å²) < 4.78 is 21.5. The average Bonchev–Trinajstić information content (AvgIpc) is 2.88. The summed E-state index contributed by atoms with van der Waals surface area (Å²) in [6, 6.07) is 3.14. The molecule has 0 aromatic heterocycles. The van der Waals surface area contributed by atoms with Gasteiger partial charge in [0.2, 0.25) is 0 Å². The van der Waals surface area contributed by atoms with Crippen LogP contribution in [0.1, 0.15) is 104 Å². The molecule has 40 heavy (non-hydrogen) atoms. The number of nitrogens with two attached hydrogens (primary N) is 1. The summed E-state index contributed by atoms with van der Waals surface area (Å²) in [5.74, 6) is -2.41. The molecular formula is C30H47NO9. The van der Waals surface area contributed by atoms with Gasteiger partial charge in [-0.15, -0.1) is 0 Å². The lowest BCUT2D eigenvalue weighted by molar-refractivity contribution is -0.139. The lowest BCUT2D eigenvalue weighted by atomic mass is 9.87. The zero-order chi connectivity index (χ0) is 30.2. The Morgan fingerprint density at radius 3 is 1.98 bits per heavy atom. The molecule has 0 heterocycles. The minimum absolute atomic E-state index is 0.00403. The average molecular weight is 566 g/mol. The van der Waals surface area contributed by atoms with Crippen molar-refractivity contribution < 1.29 is 43.2 Å². The topological polar surface area (TPSA) is 151 Å². The van der Waals surface area contributed by atoms with Gasteiger partial charge in [-0.25, -0.2) is 4.79 Å². The maximum absolute atomic E-state index is 12.6. The second-order valence-corrected chi connectivity index (χ2v) is 11.0. The molecule has 0 amide bonds. The molecule has 0 fully saturated rings. The van der Waals surface area contributed by atoms with Crippen molar-refractivity contribution in [3.05, 3.63) is 23.8 Å². The van der Waals surface area contributed by atoms with Crippen LogP contribution >= 0.6 is 0 Å². The van der Waals surface area contributed by atoms with Crippen LogP contribution in [-0.4, -0.2) is 47.9 Å². The van der Waals surface area contributed by atoms with Gasteiger partial charge in [0.05, 0.1) is 6.61 Å². The number of ether oxygens (including phenoxy) is 4. The summed E-state index contributed by atoms with van der Waals surface area (Å²) in [4.78, 5) is 48.9. The minimum atomic E-state index is -1.35. The first kappa shape index (κ1) is 34.9. The molecule has 1 rings (SSSR count). The van der Waals surface area contributed by atoms with E-state index in [2.05, 4.69) is 0 Å². The van der Waals surface area contributed by atoms with Gasteiger partial charge in [0.1, 0.15) is 12.1 Å². The molecule has 0 saturated carbocycles. The predicted octanol–water partition coefficient (Wildman–Crippen LogP) is 5.99. The number of rotatable bonds is 18. The molecule has 0 radical (unpaired) electrons. The van der Waals surface area contributed by atoms with E-state index in [-0.39, 0.29) is 43.3 Å². The Morgan fingerprint density at radius 2 is 1.45 bits per heavy atom. The number of carboxylic acid groups (broad SMARTS) is 1. The number of carbonyl (C=O) groups is 4. The van der Waals surface area contributed by atoms with E-state index < -0.39 is 42.1 Å². The fraction of sp³-hybridized carbons (Fsp3) is 0.667. The lowest BCUT2D eigenvalue weighted by Gasteiger charge is -2.25. The first-order chi connectivity index (χ1) is 18.8. The van der Waals surface area contributed by atoms with Gasteiger partial charge in [-0.1, -0.05) is 53.5 Å². The monoisotopic (exact) mass is 565 g/mol. The molecule has 10 heteroatoms. The highest BCUT2D eigenvalue weighted by atomic mass is 16.7. The fourth-order valence-corrected chi connectivity index (χ4v) is 3.85. The minimum Gasteiger partial charge on any atom is -0.480 e. The van der Waals surface area contributed by atoms with Crippen LogP contribution in [0.15, 0.2) is 18.2 Å². The molecule has 2 unspecified atom stereocenters. The lowest BCUT2D eigenvalue weighted by Crippen LogP contribution is -2.38. The Balaban J connectivity index is 3.20. The standard InChI is InChI=1S/C30H47NO9/c1-7-8-9-16-37-30(36)38-21(6)17-23(28(31)29(34)35)22-12-13-24(39-26(32)14-10-19(2)3)25(18-22)40-27(33)15-11-20(4)5/h12-13,18-21,23,28H,7-11,14-17,31H2,1-6H3,(H,34,35)/t21?,23?,28-/m0/s1. The van der Waals surface area contributed by atoms with Gasteiger partial charge in [-0.3, -0.25) is 14.4 Å². The highest BCUT2D eigenvalue weighted by Gasteiger charge is 2.30. The molecule has 1 aromatic carbocycles. The molecule has 0 bridgehead atoms. The van der Waals surface area contributed by atoms with E-state index in [0.29, 0.717) is 24.3 Å². The van der Waals surface area contributed by atoms with Crippen molar-refractivity contribution in [3.63, 3.8) is 0 Å². The number of unbranched alkanes of at least 4 members (excludes halogenated alkanes) is 2. The highest BCUT2D eigenvalue weighted by Crippen LogP contribution is 2.35. The van der Waals surface area contributed by atoms with E-state index in [9.17, 15) is 24.3 Å². The first-order valence-corrected chi connectivity index (χ1v) is 14.2. The summed E-state index contributed by atoms with van der Waals surface area (Å²) >= 11 is 0. The zero-order valence-corrected chi connectivity index (χ0v) is 24.8. The molecular weight excluding hydrogens is 518 g/mol. The third kappa shape index (κ3) is 13.8. The van der Waals surface area contributed by atoms with Crippen molar-refractivity contribution >= 4 is 24.1 Å². The zero-order valence-electron chi connectivity index (χ0n) is 24.8. The van der Waals surface area contributed by atoms with Crippen LogP contribution in [0.4, 0.5) is 4.79 Å². The van der Waals surface area contributed by atoms with Crippen LogP contribution in [-0.2, 0) is 23.9 Å². The molecule has 0 aliphatic heterocycles. The van der Waals surface area contributed by atoms with Gasteiger partial charge in [-0.05, 0) is 62.1 Å². The van der Waals surface area contributed by atoms with Gasteiger partial charge in [0, 0.05) is 18.8 Å². The number of hydrogen-bond donors (Lipinski definition) is 2. The smallest absolute Gasteiger partial charge is 0.480 e. The normalized spacial score (nSPS) is 13.4. The molecule has 0 saturated heterocycles. The summed E-state index contributed by atoms with van der Waals surface area (Å²) in [6.07, 6.45) is 2.72. The molecule has 3 atom stereocenters. The molecule has 3 N–H and O–H groups in total. The first-order valence-electron chi connectivity index (χ1n) is 14.2. The van der Waals surface area contributed by atoms with Crippen molar-refractivity contribution in [1.29, 1.82) is 0 Å². The summed E-state index contributed by atoms with van der Waals surface area (Å²) in [6.45, 7) is 11.8. The number of esters is 2. The fourth-order valence-electron chi connectivity index (χ4n) is 3.85. The number of carboxylic acids is 1. The van der Waals surface area contributed by atoms with Gasteiger partial charge >= 0.3 is 24.1 Å². The van der Waals surface area contributed by atoms with Crippen molar-refractivity contribution in [2.45, 2.75) is 111 Å². The SMILES string of the molecule is CCCCCOC(=O)OC(C)CC(c1ccc(OC(=O)CCC(C)C)c(OC(=O)CCC(C)C)c1)[C@H](N)C(=O)O. The molecule has 0 aliphatic rings. The maximum atomic E-state index is 12.6. The Kier molecular flexibility index (Phi) is 15.9. The number of carbonyl (C=O) groups excluding carboxylic acids is 3. The molecule has 10 nitrogen and oxygen atoms in total. The second kappa shape index (κ2) is 18.3. The number of hydrogen-bond acceptors (Lipinski definition) is 9. The van der Waals surface area contributed by atoms with Crippen molar-refractivity contribution in [2.75, 3.05) is 6.61 Å². The Morgan fingerprint density at radius 1 is 0.875 bits per heavy atom. The van der Waals surface area contributed by atoms with Crippen molar-refractivity contribution in [1.82, 2.24) is 0 Å². The quantitative estimate of drug-likeness (QED) is 0.123. The van der Waals surface area contributed by atoms with Crippen molar-refractivity contribution in [2.24, 2.45) is 17.6 Å². The molecule has 1 aromatic rings.